The Balaban J connectivity index is 0.000000215. The summed E-state index contributed by atoms with van der Waals surface area (Å²) in [7, 11) is 8.99. The normalized spacial score (nSPS) is 12.3. The van der Waals surface area contributed by atoms with Gasteiger partial charge in [0.05, 0.1) is 30.6 Å². The fourth-order valence-electron chi connectivity index (χ4n) is 3.88. The van der Waals surface area contributed by atoms with Crippen LogP contribution in [0, 0.1) is 7.14 Å². The van der Waals surface area contributed by atoms with Gasteiger partial charge >= 0.3 is 6.09 Å². The van der Waals surface area contributed by atoms with Crippen molar-refractivity contribution in [1.29, 1.82) is 0 Å². The van der Waals surface area contributed by atoms with E-state index in [0.717, 1.165) is 34.2 Å². The Kier molecular flexibility index (Phi) is 10.7. The Morgan fingerprint density at radius 2 is 1.29 bits per heavy atom. The summed E-state index contributed by atoms with van der Waals surface area (Å²) in [4.78, 5) is 22.5. The van der Waals surface area contributed by atoms with Crippen LogP contribution in [0.5, 0.6) is 0 Å². The van der Waals surface area contributed by atoms with Crippen LogP contribution < -0.4 is 5.32 Å². The van der Waals surface area contributed by atoms with E-state index < -0.39 is 0 Å². The molecule has 38 heavy (non-hydrogen) atoms. The number of carbonyl (C=O) groups excluding carboxylic acids is 1. The number of hydrogen-bond acceptors (Lipinski definition) is 5. The van der Waals surface area contributed by atoms with E-state index in [1.165, 1.54) is 19.2 Å². The van der Waals surface area contributed by atoms with Gasteiger partial charge in [-0.25, -0.2) is 14.8 Å². The quantitative estimate of drug-likeness (QED) is 0.231. The second-order valence-electron chi connectivity index (χ2n) is 8.97. The van der Waals surface area contributed by atoms with Crippen LogP contribution in [0.4, 0.5) is 4.79 Å². The number of ether oxygens (including phenoxy) is 1. The maximum absolute atomic E-state index is 11.6. The molecule has 4 aromatic rings. The highest BCUT2D eigenvalue weighted by atomic mass is 127. The summed E-state index contributed by atoms with van der Waals surface area (Å²) in [5.41, 5.74) is 4.15. The molecule has 0 aliphatic rings. The monoisotopic (exact) mass is 740 g/mol. The highest BCUT2D eigenvalue weighted by Gasteiger charge is 2.22. The fourth-order valence-corrected chi connectivity index (χ4v) is 4.59. The number of methoxy groups -OCH3 is 1. The van der Waals surface area contributed by atoms with Gasteiger partial charge in [0, 0.05) is 51.8 Å². The lowest BCUT2D eigenvalue weighted by Gasteiger charge is -2.22. The minimum absolute atomic E-state index is 0.167. The zero-order valence-electron chi connectivity index (χ0n) is 22.7. The maximum Gasteiger partial charge on any atom is 0.409 e. The van der Waals surface area contributed by atoms with E-state index in [0.29, 0.717) is 0 Å². The first-order valence-electron chi connectivity index (χ1n) is 12.1. The molecule has 2 aromatic heterocycles. The number of aromatic nitrogens is 4. The van der Waals surface area contributed by atoms with Gasteiger partial charge in [-0.3, -0.25) is 0 Å². The smallest absolute Gasteiger partial charge is 0.409 e. The lowest BCUT2D eigenvalue weighted by atomic mass is 10.2. The summed E-state index contributed by atoms with van der Waals surface area (Å²) in [5, 5.41) is 3.21. The molecule has 10 heteroatoms. The van der Waals surface area contributed by atoms with Crippen molar-refractivity contribution in [1.82, 2.24) is 29.3 Å². The van der Waals surface area contributed by atoms with Crippen LogP contribution in [0.2, 0.25) is 0 Å². The average molecular weight is 740 g/mol. The Hall–Kier alpha value is -2.45. The van der Waals surface area contributed by atoms with E-state index in [9.17, 15) is 4.79 Å². The van der Waals surface area contributed by atoms with Crippen LogP contribution in [-0.2, 0) is 18.8 Å². The summed E-state index contributed by atoms with van der Waals surface area (Å²) in [6, 6.07) is 16.7. The first-order valence-corrected chi connectivity index (χ1v) is 14.3. The Bertz CT molecular complexity index is 1350. The van der Waals surface area contributed by atoms with Crippen molar-refractivity contribution in [2.45, 2.75) is 25.9 Å². The Morgan fingerprint density at radius 3 is 1.71 bits per heavy atom. The van der Waals surface area contributed by atoms with E-state index in [1.807, 2.05) is 63.1 Å². The largest absolute Gasteiger partial charge is 0.453 e. The molecule has 0 bridgehead atoms. The zero-order valence-corrected chi connectivity index (χ0v) is 27.1. The lowest BCUT2D eigenvalue weighted by molar-refractivity contribution is 0.118. The third-order valence-electron chi connectivity index (χ3n) is 6.34. The number of imidazole rings is 2. The number of halogens is 2. The molecule has 0 fully saturated rings. The molecule has 202 valence electrons. The van der Waals surface area contributed by atoms with Crippen molar-refractivity contribution in [3.8, 4) is 22.5 Å². The van der Waals surface area contributed by atoms with Gasteiger partial charge in [-0.05, 0) is 90.3 Å². The molecule has 1 N–H and O–H groups in total. The highest BCUT2D eigenvalue weighted by Crippen LogP contribution is 2.25. The molecule has 0 spiro atoms. The Morgan fingerprint density at radius 1 is 0.868 bits per heavy atom. The predicted molar refractivity (Wildman–Crippen MR) is 169 cm³/mol. The van der Waals surface area contributed by atoms with Crippen molar-refractivity contribution >= 4 is 51.3 Å². The van der Waals surface area contributed by atoms with Crippen LogP contribution in [-0.4, -0.2) is 51.3 Å². The van der Waals surface area contributed by atoms with Gasteiger partial charge in [-0.2, -0.15) is 0 Å². The molecule has 2 heterocycles. The molecule has 8 nitrogen and oxygen atoms in total. The molecular formula is C28H34I2N6O2. The summed E-state index contributed by atoms with van der Waals surface area (Å²) < 4.78 is 11.2. The summed E-state index contributed by atoms with van der Waals surface area (Å²) in [6.45, 7) is 4.04. The van der Waals surface area contributed by atoms with Crippen LogP contribution in [0.25, 0.3) is 22.5 Å². The molecule has 0 saturated carbocycles. The number of carbonyl (C=O) groups is 1. The first-order chi connectivity index (χ1) is 18.0. The van der Waals surface area contributed by atoms with E-state index in [2.05, 4.69) is 102 Å². The molecule has 0 aliphatic heterocycles. The number of benzene rings is 2. The van der Waals surface area contributed by atoms with Gasteiger partial charge in [0.2, 0.25) is 0 Å². The highest BCUT2D eigenvalue weighted by molar-refractivity contribution is 14.1. The molecule has 0 aliphatic carbocycles. The van der Waals surface area contributed by atoms with E-state index in [1.54, 1.807) is 7.05 Å². The van der Waals surface area contributed by atoms with Gasteiger partial charge < -0.3 is 24.1 Å². The average Bonchev–Trinajstić information content (AvgIpc) is 3.50. The first kappa shape index (κ1) is 30.1. The summed E-state index contributed by atoms with van der Waals surface area (Å²) in [5.74, 6) is 1.87. The Labute approximate surface area is 252 Å². The van der Waals surface area contributed by atoms with Crippen LogP contribution in [0.15, 0.2) is 60.9 Å². The molecule has 2 aromatic carbocycles. The van der Waals surface area contributed by atoms with Gasteiger partial charge in [-0.1, -0.05) is 24.3 Å². The summed E-state index contributed by atoms with van der Waals surface area (Å²) in [6.07, 6.45) is 3.67. The van der Waals surface area contributed by atoms with Crippen molar-refractivity contribution in [3.63, 3.8) is 0 Å². The third kappa shape index (κ3) is 7.35. The fraction of sp³-hybridized carbons (Fsp3) is 0.321. The van der Waals surface area contributed by atoms with Crippen molar-refractivity contribution < 1.29 is 9.53 Å². The number of nitrogens with one attached hydrogen (secondary N) is 1. The van der Waals surface area contributed by atoms with Crippen molar-refractivity contribution in [2.24, 2.45) is 14.1 Å². The number of amides is 1. The number of hydrogen-bond donors (Lipinski definition) is 1. The molecule has 2 atom stereocenters. The molecule has 4 rings (SSSR count). The van der Waals surface area contributed by atoms with Crippen LogP contribution >= 0.6 is 45.2 Å². The topological polar surface area (TPSA) is 77.2 Å². The van der Waals surface area contributed by atoms with E-state index in [4.69, 9.17) is 4.74 Å². The molecule has 0 saturated heterocycles. The predicted octanol–water partition coefficient (Wildman–Crippen LogP) is 6.42. The van der Waals surface area contributed by atoms with Gasteiger partial charge in [0.1, 0.15) is 11.6 Å². The van der Waals surface area contributed by atoms with Crippen LogP contribution in [0.3, 0.4) is 0 Å². The molecule has 0 radical (unpaired) electrons. The number of rotatable bonds is 6. The minimum Gasteiger partial charge on any atom is -0.453 e. The second-order valence-corrected chi connectivity index (χ2v) is 11.5. The standard InChI is InChI=1S/C15H18IN3O2.C13H16IN3/c1-10(19(3)15(20)21-4)14-17-13(9-18(14)2)11-5-7-12(16)8-6-11;1-9(15-2)13-16-12(8-17(13)3)10-4-6-11(14)7-5-10/h5-10H,1-4H3;4-9,15H,1-3H3/t10-;9-/m11/s1. The van der Waals surface area contributed by atoms with E-state index >= 15 is 0 Å². The van der Waals surface area contributed by atoms with Gasteiger partial charge in [0.25, 0.3) is 0 Å². The second kappa shape index (κ2) is 13.6. The number of nitrogens with zero attached hydrogens (tertiary/aromatic N) is 5. The maximum atomic E-state index is 11.6. The van der Waals surface area contributed by atoms with Crippen molar-refractivity contribution in [3.05, 3.63) is 79.7 Å². The minimum atomic E-state index is -0.374. The molecule has 1 amide bonds. The van der Waals surface area contributed by atoms with Crippen molar-refractivity contribution in [2.75, 3.05) is 21.2 Å². The third-order valence-corrected chi connectivity index (χ3v) is 7.78. The molecular weight excluding hydrogens is 706 g/mol. The van der Waals surface area contributed by atoms with Gasteiger partial charge in [0.15, 0.2) is 0 Å². The zero-order chi connectivity index (χ0) is 28.0. The van der Waals surface area contributed by atoms with Crippen LogP contribution in [0.1, 0.15) is 37.6 Å². The SMILES string of the molecule is CN[C@H](C)c1nc(-c2ccc(I)cc2)cn1C.COC(=O)N(C)[C@H](C)c1nc(-c2ccc(I)cc2)cn1C. The lowest BCUT2D eigenvalue weighted by Crippen LogP contribution is -2.30. The van der Waals surface area contributed by atoms with Gasteiger partial charge in [-0.15, -0.1) is 0 Å². The number of aryl methyl sites for hydroxylation is 2. The summed E-state index contributed by atoms with van der Waals surface area (Å²) >= 11 is 4.58. The van der Waals surface area contributed by atoms with E-state index in [-0.39, 0.29) is 18.2 Å². The molecule has 0 unspecified atom stereocenters.